The van der Waals surface area contributed by atoms with Crippen molar-refractivity contribution >= 4 is 11.8 Å². The summed E-state index contributed by atoms with van der Waals surface area (Å²) in [5, 5.41) is 4.48. The number of aromatic nitrogens is 2. The van der Waals surface area contributed by atoms with Crippen LogP contribution >= 0.6 is 11.8 Å². The Hall–Kier alpha value is -2.44. The molecule has 4 rings (SSSR count). The largest absolute Gasteiger partial charge is 0.493 e. The molecule has 0 spiro atoms. The minimum Gasteiger partial charge on any atom is -0.493 e. The molecule has 0 unspecified atom stereocenters. The Balaban J connectivity index is 1.66. The summed E-state index contributed by atoms with van der Waals surface area (Å²) in [7, 11) is 3.68. The van der Waals surface area contributed by atoms with E-state index in [-0.39, 0.29) is 0 Å². The Morgan fingerprint density at radius 2 is 1.97 bits per heavy atom. The van der Waals surface area contributed by atoms with Crippen molar-refractivity contribution in [3.63, 3.8) is 0 Å². The first-order valence-corrected chi connectivity index (χ1v) is 11.0. The summed E-state index contributed by atoms with van der Waals surface area (Å²) in [6, 6.07) is 13.0. The lowest BCUT2D eigenvalue weighted by Crippen LogP contribution is -2.25. The first kappa shape index (κ1) is 19.9. The highest BCUT2D eigenvalue weighted by Gasteiger charge is 2.21. The number of ether oxygens (including phenoxy) is 2. The maximum Gasteiger partial charge on any atom is 0.165 e. The van der Waals surface area contributed by atoms with Gasteiger partial charge in [0.25, 0.3) is 0 Å². The zero-order valence-electron chi connectivity index (χ0n) is 17.4. The van der Waals surface area contributed by atoms with Crippen LogP contribution in [0.3, 0.4) is 0 Å². The molecule has 0 bridgehead atoms. The molecule has 0 amide bonds. The van der Waals surface area contributed by atoms with E-state index in [2.05, 4.69) is 65.8 Å². The predicted octanol–water partition coefficient (Wildman–Crippen LogP) is 4.52. The second kappa shape index (κ2) is 8.51. The van der Waals surface area contributed by atoms with Gasteiger partial charge in [0, 0.05) is 48.9 Å². The highest BCUT2D eigenvalue weighted by Crippen LogP contribution is 2.38. The molecule has 3 aromatic rings. The minimum atomic E-state index is 0.643. The standard InChI is InChI=1S/C23H27N3O2S/c1-16-20(13-25(2)24-16)15-26-9-10-28-23-19(14-26)11-18(12-22(23)27-3)17-5-7-21(29-4)8-6-17/h5-8,11-13H,9-10,14-15H2,1-4H3. The van der Waals surface area contributed by atoms with Crippen LogP contribution in [0.2, 0.25) is 0 Å². The fraction of sp³-hybridized carbons (Fsp3) is 0.348. The smallest absolute Gasteiger partial charge is 0.165 e. The van der Waals surface area contributed by atoms with Crippen LogP contribution in [-0.2, 0) is 20.1 Å². The van der Waals surface area contributed by atoms with Crippen molar-refractivity contribution in [3.8, 4) is 22.6 Å². The van der Waals surface area contributed by atoms with Crippen LogP contribution < -0.4 is 9.47 Å². The van der Waals surface area contributed by atoms with Gasteiger partial charge >= 0.3 is 0 Å². The highest BCUT2D eigenvalue weighted by atomic mass is 32.2. The molecule has 1 aromatic heterocycles. The number of fused-ring (bicyclic) bond motifs is 1. The van der Waals surface area contributed by atoms with Gasteiger partial charge in [-0.1, -0.05) is 12.1 Å². The molecule has 2 aromatic carbocycles. The Morgan fingerprint density at radius 3 is 2.62 bits per heavy atom. The highest BCUT2D eigenvalue weighted by molar-refractivity contribution is 7.98. The Labute approximate surface area is 176 Å². The zero-order valence-corrected chi connectivity index (χ0v) is 18.3. The molecule has 1 aliphatic heterocycles. The molecule has 1 aliphatic rings. The number of benzene rings is 2. The Morgan fingerprint density at radius 1 is 1.17 bits per heavy atom. The fourth-order valence-electron chi connectivity index (χ4n) is 3.82. The molecule has 0 saturated carbocycles. The van der Waals surface area contributed by atoms with E-state index < -0.39 is 0 Å². The van der Waals surface area contributed by atoms with Crippen molar-refractivity contribution in [1.82, 2.24) is 14.7 Å². The van der Waals surface area contributed by atoms with Gasteiger partial charge in [-0.05, 0) is 48.6 Å². The molecule has 0 atom stereocenters. The van der Waals surface area contributed by atoms with Crippen molar-refractivity contribution < 1.29 is 9.47 Å². The van der Waals surface area contributed by atoms with E-state index in [9.17, 15) is 0 Å². The summed E-state index contributed by atoms with van der Waals surface area (Å²) < 4.78 is 13.7. The van der Waals surface area contributed by atoms with Crippen molar-refractivity contribution in [2.45, 2.75) is 24.9 Å². The summed E-state index contributed by atoms with van der Waals surface area (Å²) in [6.45, 7) is 5.25. The number of rotatable bonds is 5. The summed E-state index contributed by atoms with van der Waals surface area (Å²) in [5.41, 5.74) is 5.83. The van der Waals surface area contributed by atoms with Crippen molar-refractivity contribution in [2.75, 3.05) is 26.5 Å². The first-order chi connectivity index (χ1) is 14.1. The number of aryl methyl sites for hydroxylation is 2. The third-order valence-electron chi connectivity index (χ3n) is 5.33. The molecular formula is C23H27N3O2S. The van der Waals surface area contributed by atoms with Crippen LogP contribution in [0.5, 0.6) is 11.5 Å². The molecule has 0 aliphatic carbocycles. The van der Waals surface area contributed by atoms with Gasteiger partial charge in [0.2, 0.25) is 0 Å². The maximum atomic E-state index is 6.11. The number of thioether (sulfide) groups is 1. The van der Waals surface area contributed by atoms with Crippen LogP contribution in [0.4, 0.5) is 0 Å². The van der Waals surface area contributed by atoms with Gasteiger partial charge in [0.1, 0.15) is 6.61 Å². The number of hydrogen-bond donors (Lipinski definition) is 0. The number of nitrogens with zero attached hydrogens (tertiary/aromatic N) is 3. The molecule has 6 heteroatoms. The molecule has 0 N–H and O–H groups in total. The van der Waals surface area contributed by atoms with Crippen LogP contribution in [0.25, 0.3) is 11.1 Å². The molecule has 0 fully saturated rings. The second-order valence-corrected chi connectivity index (χ2v) is 8.25. The van der Waals surface area contributed by atoms with Gasteiger partial charge in [0.05, 0.1) is 12.8 Å². The van der Waals surface area contributed by atoms with E-state index in [1.54, 1.807) is 18.9 Å². The van der Waals surface area contributed by atoms with E-state index in [1.807, 2.05) is 11.7 Å². The van der Waals surface area contributed by atoms with Gasteiger partial charge < -0.3 is 9.47 Å². The maximum absolute atomic E-state index is 6.11. The lowest BCUT2D eigenvalue weighted by molar-refractivity contribution is 0.216. The van der Waals surface area contributed by atoms with E-state index >= 15 is 0 Å². The molecule has 152 valence electrons. The summed E-state index contributed by atoms with van der Waals surface area (Å²) in [6.07, 6.45) is 4.20. The first-order valence-electron chi connectivity index (χ1n) is 9.77. The van der Waals surface area contributed by atoms with Gasteiger partial charge in [-0.2, -0.15) is 5.10 Å². The molecule has 29 heavy (non-hydrogen) atoms. The average Bonchev–Trinajstić information content (AvgIpc) is 2.92. The second-order valence-electron chi connectivity index (χ2n) is 7.37. The monoisotopic (exact) mass is 409 g/mol. The number of methoxy groups -OCH3 is 1. The van der Waals surface area contributed by atoms with E-state index in [4.69, 9.17) is 9.47 Å². The molecule has 0 radical (unpaired) electrons. The molecule has 0 saturated heterocycles. The van der Waals surface area contributed by atoms with Crippen LogP contribution in [0, 0.1) is 6.92 Å². The number of hydrogen-bond acceptors (Lipinski definition) is 5. The summed E-state index contributed by atoms with van der Waals surface area (Å²) in [5.74, 6) is 1.66. The van der Waals surface area contributed by atoms with Crippen molar-refractivity contribution in [2.24, 2.45) is 7.05 Å². The summed E-state index contributed by atoms with van der Waals surface area (Å²) >= 11 is 1.75. The predicted molar refractivity (Wildman–Crippen MR) is 118 cm³/mol. The van der Waals surface area contributed by atoms with Crippen molar-refractivity contribution in [3.05, 3.63) is 59.4 Å². The topological polar surface area (TPSA) is 39.5 Å². The SMILES string of the molecule is COc1cc(-c2ccc(SC)cc2)cc2c1OCCN(Cc1cn(C)nc1C)C2. The molecule has 5 nitrogen and oxygen atoms in total. The minimum absolute atomic E-state index is 0.643. The van der Waals surface area contributed by atoms with E-state index in [0.29, 0.717) is 6.61 Å². The van der Waals surface area contributed by atoms with Gasteiger partial charge in [-0.3, -0.25) is 9.58 Å². The van der Waals surface area contributed by atoms with Gasteiger partial charge in [0.15, 0.2) is 11.5 Å². The van der Waals surface area contributed by atoms with E-state index in [0.717, 1.165) is 48.0 Å². The lowest BCUT2D eigenvalue weighted by Gasteiger charge is -2.19. The Bertz CT molecular complexity index is 998. The third kappa shape index (κ3) is 4.28. The third-order valence-corrected chi connectivity index (χ3v) is 6.08. The van der Waals surface area contributed by atoms with Gasteiger partial charge in [-0.25, -0.2) is 0 Å². The molecular weight excluding hydrogens is 382 g/mol. The summed E-state index contributed by atoms with van der Waals surface area (Å²) in [4.78, 5) is 3.67. The Kier molecular flexibility index (Phi) is 5.83. The molecule has 2 heterocycles. The van der Waals surface area contributed by atoms with Crippen LogP contribution in [0.1, 0.15) is 16.8 Å². The average molecular weight is 410 g/mol. The lowest BCUT2D eigenvalue weighted by atomic mass is 10.0. The van der Waals surface area contributed by atoms with Crippen molar-refractivity contribution in [1.29, 1.82) is 0 Å². The van der Waals surface area contributed by atoms with E-state index in [1.165, 1.54) is 16.0 Å². The normalized spacial score (nSPS) is 14.2. The van der Waals surface area contributed by atoms with Crippen LogP contribution in [-0.4, -0.2) is 41.2 Å². The van der Waals surface area contributed by atoms with Gasteiger partial charge in [-0.15, -0.1) is 11.8 Å². The van der Waals surface area contributed by atoms with Crippen LogP contribution in [0.15, 0.2) is 47.5 Å². The fourth-order valence-corrected chi connectivity index (χ4v) is 4.23. The zero-order chi connectivity index (χ0) is 20.4. The quantitative estimate of drug-likeness (QED) is 0.580.